The van der Waals surface area contributed by atoms with Crippen molar-refractivity contribution in [3.8, 4) is 0 Å². The minimum absolute atomic E-state index is 0.360. The van der Waals surface area contributed by atoms with Crippen LogP contribution in [-0.4, -0.2) is 17.9 Å². The normalized spacial score (nSPS) is 10.4. The molecule has 114 valence electrons. The lowest BCUT2D eigenvalue weighted by atomic mass is 10.1. The van der Waals surface area contributed by atoms with Gasteiger partial charge in [0.05, 0.1) is 10.5 Å². The zero-order valence-electron chi connectivity index (χ0n) is 11.2. The first-order valence-electron chi connectivity index (χ1n) is 5.99. The highest BCUT2D eigenvalue weighted by Crippen LogP contribution is 2.27. The monoisotopic (exact) mass is 310 g/mol. The smallest absolute Gasteiger partial charge is 0.308 e. The van der Waals surface area contributed by atoms with Gasteiger partial charge in [-0.05, 0) is 12.1 Å². The number of benzene rings is 2. The fraction of sp³-hybridized carbons (Fsp3) is 0.0714. The Balaban J connectivity index is 2.52. The molecule has 0 atom stereocenters. The SMILES string of the molecule is CN(C(=O)c1cc([N+](=O)[O-])c(F)c(F)c1F)c1ccccc1. The van der Waals surface area contributed by atoms with E-state index in [1.54, 1.807) is 18.2 Å². The van der Waals surface area contributed by atoms with Crippen LogP contribution in [0.2, 0.25) is 0 Å². The second kappa shape index (κ2) is 5.84. The number of carbonyl (C=O) groups is 1. The third-order valence-electron chi connectivity index (χ3n) is 3.00. The van der Waals surface area contributed by atoms with Gasteiger partial charge < -0.3 is 4.90 Å². The van der Waals surface area contributed by atoms with Crippen molar-refractivity contribution in [2.75, 3.05) is 11.9 Å². The Morgan fingerprint density at radius 2 is 1.68 bits per heavy atom. The second-order valence-corrected chi connectivity index (χ2v) is 4.34. The Hall–Kier alpha value is -2.90. The summed E-state index contributed by atoms with van der Waals surface area (Å²) >= 11 is 0. The molecule has 8 heteroatoms. The summed E-state index contributed by atoms with van der Waals surface area (Å²) in [5, 5.41) is 10.7. The quantitative estimate of drug-likeness (QED) is 0.496. The number of halogens is 3. The number of para-hydroxylation sites is 1. The number of anilines is 1. The van der Waals surface area contributed by atoms with E-state index in [0.29, 0.717) is 11.8 Å². The van der Waals surface area contributed by atoms with Crippen LogP contribution < -0.4 is 4.90 Å². The molecule has 0 spiro atoms. The average molecular weight is 310 g/mol. The molecule has 2 aromatic rings. The molecule has 0 aliphatic carbocycles. The number of hydrogen-bond donors (Lipinski definition) is 0. The summed E-state index contributed by atoms with van der Waals surface area (Å²) in [5.74, 6) is -6.80. The lowest BCUT2D eigenvalue weighted by molar-refractivity contribution is -0.387. The van der Waals surface area contributed by atoms with E-state index in [9.17, 15) is 28.1 Å². The first-order valence-corrected chi connectivity index (χ1v) is 5.99. The maximum absolute atomic E-state index is 13.7. The van der Waals surface area contributed by atoms with Gasteiger partial charge in [-0.1, -0.05) is 18.2 Å². The Morgan fingerprint density at radius 3 is 2.23 bits per heavy atom. The van der Waals surface area contributed by atoms with Crippen LogP contribution in [0.25, 0.3) is 0 Å². The van der Waals surface area contributed by atoms with Crippen LogP contribution in [0.1, 0.15) is 10.4 Å². The second-order valence-electron chi connectivity index (χ2n) is 4.34. The van der Waals surface area contributed by atoms with Crippen LogP contribution in [0, 0.1) is 27.6 Å². The van der Waals surface area contributed by atoms with Crippen molar-refractivity contribution in [1.29, 1.82) is 0 Å². The highest BCUT2D eigenvalue weighted by molar-refractivity contribution is 6.06. The first-order chi connectivity index (χ1) is 10.3. The molecule has 1 amide bonds. The number of nitrogens with zero attached hydrogens (tertiary/aromatic N) is 2. The summed E-state index contributed by atoms with van der Waals surface area (Å²) in [7, 11) is 1.28. The standard InChI is InChI=1S/C14H9F3N2O3/c1-18(8-5-3-2-4-6-8)14(20)9-7-10(19(21)22)12(16)13(17)11(9)15/h2-7H,1H3. The van der Waals surface area contributed by atoms with E-state index in [4.69, 9.17) is 0 Å². The van der Waals surface area contributed by atoms with Gasteiger partial charge in [-0.15, -0.1) is 0 Å². The van der Waals surface area contributed by atoms with Gasteiger partial charge in [0.1, 0.15) is 0 Å². The molecule has 0 aromatic heterocycles. The van der Waals surface area contributed by atoms with Crippen molar-refractivity contribution in [1.82, 2.24) is 0 Å². The van der Waals surface area contributed by atoms with Crippen molar-refractivity contribution in [2.45, 2.75) is 0 Å². The summed E-state index contributed by atoms with van der Waals surface area (Å²) in [5.41, 5.74) is -1.86. The van der Waals surface area contributed by atoms with Crippen LogP contribution in [0.5, 0.6) is 0 Å². The van der Waals surface area contributed by atoms with Crippen LogP contribution in [-0.2, 0) is 0 Å². The molecule has 0 fully saturated rings. The molecule has 0 heterocycles. The molecule has 0 N–H and O–H groups in total. The van der Waals surface area contributed by atoms with Crippen molar-refractivity contribution < 1.29 is 22.9 Å². The Kier molecular flexibility index (Phi) is 4.11. The fourth-order valence-electron chi connectivity index (χ4n) is 1.83. The topological polar surface area (TPSA) is 63.5 Å². The van der Waals surface area contributed by atoms with Gasteiger partial charge in [0.2, 0.25) is 11.6 Å². The van der Waals surface area contributed by atoms with E-state index in [0.717, 1.165) is 4.90 Å². The molecule has 0 radical (unpaired) electrons. The van der Waals surface area contributed by atoms with Crippen molar-refractivity contribution in [2.24, 2.45) is 0 Å². The largest absolute Gasteiger partial charge is 0.311 e. The minimum atomic E-state index is -2.06. The van der Waals surface area contributed by atoms with Gasteiger partial charge in [0, 0.05) is 18.8 Å². The Labute approximate surface area is 122 Å². The van der Waals surface area contributed by atoms with Crippen LogP contribution >= 0.6 is 0 Å². The number of amides is 1. The summed E-state index contributed by atoms with van der Waals surface area (Å²) in [6.07, 6.45) is 0. The predicted octanol–water partition coefficient (Wildman–Crippen LogP) is 3.29. The molecule has 0 bridgehead atoms. The van der Waals surface area contributed by atoms with Gasteiger partial charge in [-0.25, -0.2) is 8.78 Å². The third kappa shape index (κ3) is 2.62. The highest BCUT2D eigenvalue weighted by Gasteiger charge is 2.30. The van der Waals surface area contributed by atoms with Crippen LogP contribution in [0.4, 0.5) is 24.5 Å². The first kappa shape index (κ1) is 15.5. The zero-order valence-corrected chi connectivity index (χ0v) is 11.2. The van der Waals surface area contributed by atoms with Crippen molar-refractivity contribution in [3.63, 3.8) is 0 Å². The molecule has 0 saturated carbocycles. The summed E-state index contributed by atoms with van der Waals surface area (Å²) in [4.78, 5) is 22.6. The van der Waals surface area contributed by atoms with Gasteiger partial charge in [-0.3, -0.25) is 14.9 Å². The molecular weight excluding hydrogens is 301 g/mol. The maximum Gasteiger partial charge on any atom is 0.308 e. The number of carbonyl (C=O) groups excluding carboxylic acids is 1. The van der Waals surface area contributed by atoms with Crippen molar-refractivity contribution in [3.05, 3.63) is 69.5 Å². The lowest BCUT2D eigenvalue weighted by Gasteiger charge is -2.17. The zero-order chi connectivity index (χ0) is 16.4. The molecule has 22 heavy (non-hydrogen) atoms. The molecule has 2 aromatic carbocycles. The predicted molar refractivity (Wildman–Crippen MR) is 72.1 cm³/mol. The van der Waals surface area contributed by atoms with E-state index in [2.05, 4.69) is 0 Å². The van der Waals surface area contributed by atoms with E-state index < -0.39 is 39.5 Å². The van der Waals surface area contributed by atoms with Crippen LogP contribution in [0.15, 0.2) is 36.4 Å². The third-order valence-corrected chi connectivity index (χ3v) is 3.00. The van der Waals surface area contributed by atoms with Crippen LogP contribution in [0.3, 0.4) is 0 Å². The lowest BCUT2D eigenvalue weighted by Crippen LogP contribution is -2.27. The maximum atomic E-state index is 13.7. The van der Waals surface area contributed by atoms with Gasteiger partial charge in [-0.2, -0.15) is 4.39 Å². The molecular formula is C14H9F3N2O3. The number of rotatable bonds is 3. The summed E-state index contributed by atoms with van der Waals surface area (Å²) in [6.45, 7) is 0. The minimum Gasteiger partial charge on any atom is -0.311 e. The highest BCUT2D eigenvalue weighted by atomic mass is 19.2. The Morgan fingerprint density at radius 1 is 1.09 bits per heavy atom. The van der Waals surface area contributed by atoms with Gasteiger partial charge in [0.25, 0.3) is 5.91 Å². The molecule has 0 unspecified atom stereocenters. The molecule has 5 nitrogen and oxygen atoms in total. The van der Waals surface area contributed by atoms with Crippen molar-refractivity contribution >= 4 is 17.3 Å². The van der Waals surface area contributed by atoms with Gasteiger partial charge in [0.15, 0.2) is 5.82 Å². The van der Waals surface area contributed by atoms with Gasteiger partial charge >= 0.3 is 5.69 Å². The molecule has 0 aliphatic rings. The van der Waals surface area contributed by atoms with E-state index in [-0.39, 0.29) is 0 Å². The molecule has 0 aliphatic heterocycles. The van der Waals surface area contributed by atoms with E-state index in [1.165, 1.54) is 19.2 Å². The fourth-order valence-corrected chi connectivity index (χ4v) is 1.83. The Bertz CT molecular complexity index is 751. The number of nitro benzene ring substituents is 1. The van der Waals surface area contributed by atoms with E-state index in [1.807, 2.05) is 0 Å². The molecule has 0 saturated heterocycles. The summed E-state index contributed by atoms with van der Waals surface area (Å²) < 4.78 is 40.5. The molecule has 2 rings (SSSR count). The average Bonchev–Trinajstić information content (AvgIpc) is 2.52. The summed E-state index contributed by atoms with van der Waals surface area (Å²) in [6, 6.07) is 8.36. The number of hydrogen-bond acceptors (Lipinski definition) is 3. The van der Waals surface area contributed by atoms with E-state index >= 15 is 0 Å². The number of nitro groups is 1.